The summed E-state index contributed by atoms with van der Waals surface area (Å²) in [6, 6.07) is 11.4. The molecule has 5 heterocycles. The lowest BCUT2D eigenvalue weighted by atomic mass is 9.82. The topological polar surface area (TPSA) is 115 Å². The lowest BCUT2D eigenvalue weighted by Gasteiger charge is -2.45. The van der Waals surface area contributed by atoms with Crippen molar-refractivity contribution in [3.63, 3.8) is 0 Å². The van der Waals surface area contributed by atoms with Gasteiger partial charge in [-0.15, -0.1) is 11.3 Å². The molecule has 2 fully saturated rings. The number of nitrogens with zero attached hydrogens (tertiary/aromatic N) is 3. The van der Waals surface area contributed by atoms with Gasteiger partial charge in [0.25, 0.3) is 5.91 Å². The van der Waals surface area contributed by atoms with E-state index >= 15 is 0 Å². The largest absolute Gasteiger partial charge is 0.373 e. The maximum Gasteiger partial charge on any atom is 0.251 e. The fraction of sp³-hybridized carbons (Fsp3) is 0.429. The SMILES string of the molecule is C[C@@H]1CN(c2cccc(-c3csc(NC(=O)CNC(=O)c4ccc5c(c4)[C@]4(CCO4)COC5)n3)n2)C[C@H](C)O1. The first-order chi connectivity index (χ1) is 18.9. The average Bonchev–Trinajstić information content (AvgIpc) is 3.38. The zero-order valence-corrected chi connectivity index (χ0v) is 22.8. The number of aromatic nitrogens is 2. The van der Waals surface area contributed by atoms with Crippen LogP contribution in [0, 0.1) is 0 Å². The van der Waals surface area contributed by atoms with Crippen molar-refractivity contribution in [1.29, 1.82) is 0 Å². The van der Waals surface area contributed by atoms with Gasteiger partial charge >= 0.3 is 0 Å². The molecule has 39 heavy (non-hydrogen) atoms. The number of anilines is 2. The molecule has 2 saturated heterocycles. The third-order valence-electron chi connectivity index (χ3n) is 7.24. The Bertz CT molecular complexity index is 1380. The highest BCUT2D eigenvalue weighted by Crippen LogP contribution is 2.42. The Labute approximate surface area is 230 Å². The first kappa shape index (κ1) is 25.9. The van der Waals surface area contributed by atoms with E-state index in [-0.39, 0.29) is 30.6 Å². The summed E-state index contributed by atoms with van der Waals surface area (Å²) in [4.78, 5) is 36.9. The van der Waals surface area contributed by atoms with E-state index in [0.29, 0.717) is 36.2 Å². The fourth-order valence-corrected chi connectivity index (χ4v) is 6.05. The summed E-state index contributed by atoms with van der Waals surface area (Å²) in [5.74, 6) is 0.203. The highest BCUT2D eigenvalue weighted by atomic mass is 32.1. The molecule has 0 bridgehead atoms. The molecule has 2 aromatic heterocycles. The summed E-state index contributed by atoms with van der Waals surface area (Å²) >= 11 is 1.31. The molecule has 11 heteroatoms. The van der Waals surface area contributed by atoms with Gasteiger partial charge in [0.05, 0.1) is 44.3 Å². The van der Waals surface area contributed by atoms with Crippen molar-refractivity contribution in [3.05, 3.63) is 58.5 Å². The number of nitrogens with one attached hydrogen (secondary N) is 2. The molecule has 3 aliphatic rings. The highest BCUT2D eigenvalue weighted by molar-refractivity contribution is 7.14. The summed E-state index contributed by atoms with van der Waals surface area (Å²) in [5, 5.41) is 7.78. The Kier molecular flexibility index (Phi) is 7.06. The number of hydrogen-bond donors (Lipinski definition) is 2. The van der Waals surface area contributed by atoms with Gasteiger partial charge in [0.2, 0.25) is 5.91 Å². The molecule has 1 aromatic carbocycles. The number of carbonyl (C=O) groups is 2. The lowest BCUT2D eigenvalue weighted by molar-refractivity contribution is -0.199. The van der Waals surface area contributed by atoms with Gasteiger partial charge in [-0.25, -0.2) is 9.97 Å². The van der Waals surface area contributed by atoms with E-state index in [1.54, 1.807) is 6.07 Å². The normalized spacial score (nSPS) is 24.1. The van der Waals surface area contributed by atoms with Crippen molar-refractivity contribution >= 4 is 34.1 Å². The molecule has 2 N–H and O–H groups in total. The predicted octanol–water partition coefficient (Wildman–Crippen LogP) is 3.33. The Morgan fingerprint density at radius 2 is 1.95 bits per heavy atom. The van der Waals surface area contributed by atoms with Crippen LogP contribution in [0.25, 0.3) is 11.4 Å². The van der Waals surface area contributed by atoms with Gasteiger partial charge in [0, 0.05) is 30.5 Å². The standard InChI is InChI=1S/C28H31N5O5S/c1-17-12-33(13-18(2)38-17)24-5-3-4-22(30-24)23-15-39-27(31-23)32-25(34)11-29-26(35)19-6-7-20-14-36-16-28(8-9-37-28)21(20)10-19/h3-7,10,15,17-18H,8-9,11-14,16H2,1-2H3,(H,29,35)(H,31,32,34)/t17-,18+,28-/m0/s1. The van der Waals surface area contributed by atoms with Crippen molar-refractivity contribution in [2.75, 3.05) is 43.1 Å². The summed E-state index contributed by atoms with van der Waals surface area (Å²) < 4.78 is 17.3. The monoisotopic (exact) mass is 549 g/mol. The zero-order valence-electron chi connectivity index (χ0n) is 21.9. The maximum atomic E-state index is 12.8. The quantitative estimate of drug-likeness (QED) is 0.481. The molecule has 3 atom stereocenters. The Morgan fingerprint density at radius 3 is 2.72 bits per heavy atom. The second-order valence-electron chi connectivity index (χ2n) is 10.3. The number of carbonyl (C=O) groups excluding carboxylic acids is 2. The number of hydrogen-bond acceptors (Lipinski definition) is 9. The first-order valence-electron chi connectivity index (χ1n) is 13.1. The van der Waals surface area contributed by atoms with E-state index in [2.05, 4.69) is 34.4 Å². The molecule has 0 saturated carbocycles. The average molecular weight is 550 g/mol. The smallest absolute Gasteiger partial charge is 0.251 e. The number of rotatable bonds is 6. The van der Waals surface area contributed by atoms with Crippen LogP contribution < -0.4 is 15.5 Å². The van der Waals surface area contributed by atoms with Crippen LogP contribution in [0.2, 0.25) is 0 Å². The van der Waals surface area contributed by atoms with Gasteiger partial charge in [-0.2, -0.15) is 0 Å². The van der Waals surface area contributed by atoms with Gasteiger partial charge in [-0.1, -0.05) is 12.1 Å². The van der Waals surface area contributed by atoms with Crippen LogP contribution in [-0.2, 0) is 31.2 Å². The highest BCUT2D eigenvalue weighted by Gasteiger charge is 2.44. The molecule has 10 nitrogen and oxygen atoms in total. The maximum absolute atomic E-state index is 12.8. The number of thiazole rings is 1. The molecule has 3 aliphatic heterocycles. The molecular formula is C28H31N5O5S. The van der Waals surface area contributed by atoms with Crippen molar-refractivity contribution in [2.24, 2.45) is 0 Å². The Balaban J connectivity index is 1.06. The summed E-state index contributed by atoms with van der Waals surface area (Å²) in [5.41, 5.74) is 3.49. The molecule has 1 spiro atoms. The molecule has 2 amide bonds. The van der Waals surface area contributed by atoms with E-state index in [1.165, 1.54) is 11.3 Å². The van der Waals surface area contributed by atoms with Crippen LogP contribution in [0.1, 0.15) is 41.8 Å². The molecule has 0 radical (unpaired) electrons. The number of pyridine rings is 1. The van der Waals surface area contributed by atoms with E-state index in [1.807, 2.05) is 35.7 Å². The van der Waals surface area contributed by atoms with Gasteiger partial charge in [-0.05, 0) is 49.2 Å². The number of amides is 2. The van der Waals surface area contributed by atoms with Crippen molar-refractivity contribution in [2.45, 2.75) is 44.7 Å². The van der Waals surface area contributed by atoms with E-state index < -0.39 is 5.60 Å². The van der Waals surface area contributed by atoms with Crippen LogP contribution >= 0.6 is 11.3 Å². The van der Waals surface area contributed by atoms with Crippen molar-refractivity contribution in [3.8, 4) is 11.4 Å². The molecule has 6 rings (SSSR count). The van der Waals surface area contributed by atoms with Crippen LogP contribution in [-0.4, -0.2) is 66.8 Å². The van der Waals surface area contributed by atoms with Crippen LogP contribution in [0.5, 0.6) is 0 Å². The minimum absolute atomic E-state index is 0.135. The number of fused-ring (bicyclic) bond motifs is 2. The number of ether oxygens (including phenoxy) is 3. The lowest BCUT2D eigenvalue weighted by Crippen LogP contribution is -2.47. The molecule has 0 aliphatic carbocycles. The van der Waals surface area contributed by atoms with E-state index in [0.717, 1.165) is 42.1 Å². The fourth-order valence-electron chi connectivity index (χ4n) is 5.33. The molecular weight excluding hydrogens is 518 g/mol. The van der Waals surface area contributed by atoms with Crippen LogP contribution in [0.15, 0.2) is 41.8 Å². The van der Waals surface area contributed by atoms with Crippen molar-refractivity contribution < 1.29 is 23.8 Å². The van der Waals surface area contributed by atoms with Gasteiger partial charge in [0.15, 0.2) is 5.13 Å². The Morgan fingerprint density at radius 1 is 1.13 bits per heavy atom. The summed E-state index contributed by atoms with van der Waals surface area (Å²) in [6.07, 6.45) is 1.14. The molecule has 204 valence electrons. The van der Waals surface area contributed by atoms with E-state index in [9.17, 15) is 9.59 Å². The minimum atomic E-state index is -0.447. The van der Waals surface area contributed by atoms with Gasteiger partial charge in [-0.3, -0.25) is 9.59 Å². The third kappa shape index (κ3) is 5.40. The number of benzene rings is 1. The van der Waals surface area contributed by atoms with Crippen molar-refractivity contribution in [1.82, 2.24) is 15.3 Å². The van der Waals surface area contributed by atoms with Gasteiger partial charge < -0.3 is 29.7 Å². The molecule has 3 aromatic rings. The first-order valence-corrected chi connectivity index (χ1v) is 14.0. The summed E-state index contributed by atoms with van der Waals surface area (Å²) in [6.45, 7) is 7.19. The van der Waals surface area contributed by atoms with Gasteiger partial charge in [0.1, 0.15) is 17.1 Å². The predicted molar refractivity (Wildman–Crippen MR) is 147 cm³/mol. The second-order valence-corrected chi connectivity index (χ2v) is 11.1. The van der Waals surface area contributed by atoms with E-state index in [4.69, 9.17) is 19.2 Å². The second kappa shape index (κ2) is 10.6. The van der Waals surface area contributed by atoms with Crippen LogP contribution in [0.3, 0.4) is 0 Å². The minimum Gasteiger partial charge on any atom is -0.373 e. The zero-order chi connectivity index (χ0) is 27.0. The van der Waals surface area contributed by atoms with Crippen LogP contribution in [0.4, 0.5) is 10.9 Å². The third-order valence-corrected chi connectivity index (χ3v) is 8.00. The number of morpholine rings is 1. The molecule has 0 unspecified atom stereocenters. The summed E-state index contributed by atoms with van der Waals surface area (Å²) in [7, 11) is 0. The Hall–Kier alpha value is -3.38.